The molecule has 0 aliphatic heterocycles. The zero-order chi connectivity index (χ0) is 14.4. The molecule has 102 valence electrons. The Labute approximate surface area is 118 Å². The Hall–Kier alpha value is -2.38. The largest absolute Gasteiger partial charge is 0.383 e. The van der Waals surface area contributed by atoms with E-state index in [4.69, 9.17) is 4.74 Å². The van der Waals surface area contributed by atoms with Crippen LogP contribution in [0.4, 0.5) is 5.69 Å². The molecule has 0 aliphatic carbocycles. The van der Waals surface area contributed by atoms with Gasteiger partial charge in [0.2, 0.25) is 0 Å². The maximum atomic E-state index is 9.35. The minimum absolute atomic E-state index is 0.571. The van der Waals surface area contributed by atoms with Crippen LogP contribution in [0.25, 0.3) is 10.9 Å². The number of methoxy groups -OCH3 is 1. The lowest BCUT2D eigenvalue weighted by molar-refractivity contribution is 0.206. The first-order chi connectivity index (χ1) is 9.81. The highest BCUT2D eigenvalue weighted by Gasteiger charge is 2.14. The summed E-state index contributed by atoms with van der Waals surface area (Å²) in [4.78, 5) is 6.43. The molecule has 2 rings (SSSR count). The standard InChI is InChI=1S/C16H17N3O/c1-3-8-19(9-10-20-2)16-13(11-17)12-18-15-7-5-4-6-14(15)16/h3-7,12H,1,8-10H2,2H3. The van der Waals surface area contributed by atoms with E-state index in [0.717, 1.165) is 16.6 Å². The molecule has 0 unspecified atom stereocenters. The Balaban J connectivity index is 2.58. The molecule has 2 aromatic rings. The average Bonchev–Trinajstić information content (AvgIpc) is 2.50. The van der Waals surface area contributed by atoms with E-state index in [-0.39, 0.29) is 0 Å². The highest BCUT2D eigenvalue weighted by molar-refractivity contribution is 5.94. The number of aromatic nitrogens is 1. The molecule has 4 heteroatoms. The van der Waals surface area contributed by atoms with Crippen LogP contribution in [0.2, 0.25) is 0 Å². The number of anilines is 1. The number of nitriles is 1. The van der Waals surface area contributed by atoms with Gasteiger partial charge in [-0.05, 0) is 6.07 Å². The maximum absolute atomic E-state index is 9.35. The van der Waals surface area contributed by atoms with Crippen molar-refractivity contribution < 1.29 is 4.74 Å². The van der Waals surface area contributed by atoms with E-state index in [2.05, 4.69) is 22.5 Å². The van der Waals surface area contributed by atoms with Crippen LogP contribution in [-0.4, -0.2) is 31.8 Å². The lowest BCUT2D eigenvalue weighted by Crippen LogP contribution is -2.28. The van der Waals surface area contributed by atoms with Crippen molar-refractivity contribution in [3.05, 3.63) is 48.7 Å². The number of benzene rings is 1. The highest BCUT2D eigenvalue weighted by Crippen LogP contribution is 2.29. The fraction of sp³-hybridized carbons (Fsp3) is 0.250. The summed E-state index contributed by atoms with van der Waals surface area (Å²) in [5.74, 6) is 0. The van der Waals surface area contributed by atoms with Gasteiger partial charge in [0.05, 0.1) is 23.4 Å². The van der Waals surface area contributed by atoms with Gasteiger partial charge in [-0.25, -0.2) is 0 Å². The molecule has 20 heavy (non-hydrogen) atoms. The number of rotatable bonds is 6. The Kier molecular flexibility index (Phi) is 4.70. The van der Waals surface area contributed by atoms with Crippen molar-refractivity contribution in [2.24, 2.45) is 0 Å². The molecule has 0 N–H and O–H groups in total. The molecule has 0 saturated carbocycles. The van der Waals surface area contributed by atoms with E-state index in [1.54, 1.807) is 13.3 Å². The predicted molar refractivity (Wildman–Crippen MR) is 80.7 cm³/mol. The predicted octanol–water partition coefficient (Wildman–Crippen LogP) is 2.75. The molecule has 0 bridgehead atoms. The second-order valence-electron chi connectivity index (χ2n) is 4.38. The van der Waals surface area contributed by atoms with Gasteiger partial charge in [0.15, 0.2) is 0 Å². The van der Waals surface area contributed by atoms with Crippen LogP contribution in [0.3, 0.4) is 0 Å². The van der Waals surface area contributed by atoms with Crippen molar-refractivity contribution in [2.45, 2.75) is 0 Å². The second kappa shape index (κ2) is 6.69. The van der Waals surface area contributed by atoms with E-state index >= 15 is 0 Å². The van der Waals surface area contributed by atoms with Gasteiger partial charge in [-0.3, -0.25) is 4.98 Å². The van der Waals surface area contributed by atoms with Crippen LogP contribution in [-0.2, 0) is 4.74 Å². The number of para-hydroxylation sites is 1. The fourth-order valence-corrected chi connectivity index (χ4v) is 2.20. The molecule has 0 spiro atoms. The van der Waals surface area contributed by atoms with E-state index in [1.165, 1.54) is 0 Å². The smallest absolute Gasteiger partial charge is 0.103 e. The summed E-state index contributed by atoms with van der Waals surface area (Å²) in [6, 6.07) is 10.1. The molecule has 1 aromatic carbocycles. The normalized spacial score (nSPS) is 10.2. The van der Waals surface area contributed by atoms with Crippen molar-refractivity contribution in [3.8, 4) is 6.07 Å². The third kappa shape index (κ3) is 2.79. The van der Waals surface area contributed by atoms with Gasteiger partial charge in [-0.2, -0.15) is 5.26 Å². The Bertz CT molecular complexity index is 646. The third-order valence-corrected chi connectivity index (χ3v) is 3.10. The van der Waals surface area contributed by atoms with E-state index in [9.17, 15) is 5.26 Å². The van der Waals surface area contributed by atoms with Crippen LogP contribution >= 0.6 is 0 Å². The van der Waals surface area contributed by atoms with Crippen LogP contribution in [0.5, 0.6) is 0 Å². The van der Waals surface area contributed by atoms with Gasteiger partial charge in [0.25, 0.3) is 0 Å². The number of hydrogen-bond acceptors (Lipinski definition) is 4. The lowest BCUT2D eigenvalue weighted by Gasteiger charge is -2.25. The number of hydrogen-bond donors (Lipinski definition) is 0. The van der Waals surface area contributed by atoms with Crippen molar-refractivity contribution in [1.82, 2.24) is 4.98 Å². The molecular weight excluding hydrogens is 250 g/mol. The van der Waals surface area contributed by atoms with Gasteiger partial charge in [-0.1, -0.05) is 24.3 Å². The Morgan fingerprint density at radius 2 is 2.25 bits per heavy atom. The zero-order valence-electron chi connectivity index (χ0n) is 11.5. The van der Waals surface area contributed by atoms with Crippen LogP contribution in [0, 0.1) is 11.3 Å². The van der Waals surface area contributed by atoms with Gasteiger partial charge >= 0.3 is 0 Å². The molecule has 0 saturated heterocycles. The monoisotopic (exact) mass is 267 g/mol. The molecule has 1 aromatic heterocycles. The topological polar surface area (TPSA) is 49.1 Å². The SMILES string of the molecule is C=CCN(CCOC)c1c(C#N)cnc2ccccc12. The first kappa shape index (κ1) is 14.0. The second-order valence-corrected chi connectivity index (χ2v) is 4.38. The van der Waals surface area contributed by atoms with E-state index in [0.29, 0.717) is 25.3 Å². The fourth-order valence-electron chi connectivity index (χ4n) is 2.20. The van der Waals surface area contributed by atoms with Gasteiger partial charge < -0.3 is 9.64 Å². The van der Waals surface area contributed by atoms with E-state index in [1.807, 2.05) is 30.3 Å². The molecule has 0 fully saturated rings. The first-order valence-corrected chi connectivity index (χ1v) is 6.44. The van der Waals surface area contributed by atoms with Crippen LogP contribution in [0.15, 0.2) is 43.1 Å². The average molecular weight is 267 g/mol. The minimum Gasteiger partial charge on any atom is -0.383 e. The van der Waals surface area contributed by atoms with Crippen molar-refractivity contribution in [2.75, 3.05) is 31.7 Å². The van der Waals surface area contributed by atoms with Crippen molar-refractivity contribution >= 4 is 16.6 Å². The van der Waals surface area contributed by atoms with Crippen LogP contribution < -0.4 is 4.90 Å². The summed E-state index contributed by atoms with van der Waals surface area (Å²) in [5, 5.41) is 10.3. The van der Waals surface area contributed by atoms with Crippen LogP contribution in [0.1, 0.15) is 5.56 Å². The molecule has 0 aliphatic rings. The molecule has 0 radical (unpaired) electrons. The third-order valence-electron chi connectivity index (χ3n) is 3.10. The summed E-state index contributed by atoms with van der Waals surface area (Å²) in [5.41, 5.74) is 2.35. The molecule has 4 nitrogen and oxygen atoms in total. The number of pyridine rings is 1. The van der Waals surface area contributed by atoms with Crippen molar-refractivity contribution in [1.29, 1.82) is 5.26 Å². The summed E-state index contributed by atoms with van der Waals surface area (Å²) in [6.07, 6.45) is 3.45. The Morgan fingerprint density at radius 1 is 1.45 bits per heavy atom. The highest BCUT2D eigenvalue weighted by atomic mass is 16.5. The molecule has 1 heterocycles. The summed E-state index contributed by atoms with van der Waals surface area (Å²) >= 11 is 0. The summed E-state index contributed by atoms with van der Waals surface area (Å²) < 4.78 is 5.15. The number of fused-ring (bicyclic) bond motifs is 1. The Morgan fingerprint density at radius 3 is 2.95 bits per heavy atom. The van der Waals surface area contributed by atoms with Gasteiger partial charge in [0, 0.05) is 31.8 Å². The van der Waals surface area contributed by atoms with E-state index < -0.39 is 0 Å². The van der Waals surface area contributed by atoms with Gasteiger partial charge in [-0.15, -0.1) is 6.58 Å². The molecule has 0 amide bonds. The minimum atomic E-state index is 0.571. The molecule has 0 atom stereocenters. The number of nitrogens with zero attached hydrogens (tertiary/aromatic N) is 3. The zero-order valence-corrected chi connectivity index (χ0v) is 11.5. The quantitative estimate of drug-likeness (QED) is 0.755. The summed E-state index contributed by atoms with van der Waals surface area (Å²) in [7, 11) is 1.67. The van der Waals surface area contributed by atoms with Gasteiger partial charge in [0.1, 0.15) is 6.07 Å². The summed E-state index contributed by atoms with van der Waals surface area (Å²) in [6.45, 7) is 5.74. The number of ether oxygens (including phenoxy) is 1. The maximum Gasteiger partial charge on any atom is 0.103 e. The first-order valence-electron chi connectivity index (χ1n) is 6.44. The van der Waals surface area contributed by atoms with Crippen molar-refractivity contribution in [3.63, 3.8) is 0 Å². The lowest BCUT2D eigenvalue weighted by atomic mass is 10.1. The molecular formula is C16H17N3O.